The quantitative estimate of drug-likeness (QED) is 0.839. The maximum Gasteiger partial charge on any atom is 0.267 e. The van der Waals surface area contributed by atoms with Gasteiger partial charge >= 0.3 is 0 Å². The summed E-state index contributed by atoms with van der Waals surface area (Å²) < 4.78 is 1.89. The maximum absolute atomic E-state index is 12.1. The topological polar surface area (TPSA) is 63.3 Å². The van der Waals surface area contributed by atoms with E-state index in [-0.39, 0.29) is 5.91 Å². The molecule has 0 bridgehead atoms. The zero-order chi connectivity index (χ0) is 13.8. The molecule has 1 amide bonds. The zero-order valence-corrected chi connectivity index (χ0v) is 11.9. The third kappa shape index (κ3) is 3.29. The summed E-state index contributed by atoms with van der Waals surface area (Å²) in [5, 5.41) is 3.03. The van der Waals surface area contributed by atoms with Gasteiger partial charge < -0.3 is 20.5 Å². The maximum atomic E-state index is 12.1. The van der Waals surface area contributed by atoms with Crippen LogP contribution in [0.1, 0.15) is 30.8 Å². The lowest BCUT2D eigenvalue weighted by molar-refractivity contribution is 0.0938. The minimum Gasteiger partial charge on any atom is -0.397 e. The number of hydrogen-bond acceptors (Lipinski definition) is 3. The van der Waals surface area contributed by atoms with Crippen LogP contribution < -0.4 is 11.1 Å². The lowest BCUT2D eigenvalue weighted by Crippen LogP contribution is -2.32. The zero-order valence-electron chi connectivity index (χ0n) is 11.9. The van der Waals surface area contributed by atoms with Crippen LogP contribution in [0.4, 0.5) is 5.69 Å². The van der Waals surface area contributed by atoms with Crippen molar-refractivity contribution in [2.45, 2.75) is 26.8 Å². The van der Waals surface area contributed by atoms with E-state index in [2.05, 4.69) is 17.1 Å². The number of nitrogens with two attached hydrogens (primary N) is 1. The monoisotopic (exact) mass is 264 g/mol. The Hall–Kier alpha value is -1.49. The summed E-state index contributed by atoms with van der Waals surface area (Å²) in [5.74, 6) is 0.555. The Bertz CT molecular complexity index is 441. The van der Waals surface area contributed by atoms with Crippen molar-refractivity contribution >= 4 is 11.6 Å². The van der Waals surface area contributed by atoms with E-state index >= 15 is 0 Å². The van der Waals surface area contributed by atoms with Crippen molar-refractivity contribution in [2.75, 3.05) is 31.9 Å². The van der Waals surface area contributed by atoms with Crippen LogP contribution >= 0.6 is 0 Å². The van der Waals surface area contributed by atoms with E-state index in [4.69, 9.17) is 5.73 Å². The second-order valence-corrected chi connectivity index (χ2v) is 5.20. The van der Waals surface area contributed by atoms with E-state index < -0.39 is 0 Å². The molecule has 106 valence electrons. The van der Waals surface area contributed by atoms with Gasteiger partial charge in [-0.1, -0.05) is 6.92 Å². The lowest BCUT2D eigenvalue weighted by atomic mass is 10.1. The van der Waals surface area contributed by atoms with Crippen molar-refractivity contribution < 1.29 is 4.79 Å². The molecule has 1 aromatic heterocycles. The van der Waals surface area contributed by atoms with Gasteiger partial charge in [0.05, 0.1) is 5.69 Å². The van der Waals surface area contributed by atoms with Crippen LogP contribution in [0.2, 0.25) is 0 Å². The van der Waals surface area contributed by atoms with Gasteiger partial charge in [-0.3, -0.25) is 4.79 Å². The predicted molar refractivity (Wildman–Crippen MR) is 77.1 cm³/mol. The number of aryl methyl sites for hydroxylation is 1. The van der Waals surface area contributed by atoms with E-state index in [9.17, 15) is 4.79 Å². The predicted octanol–water partition coefficient (Wildman–Crippen LogP) is 1.16. The van der Waals surface area contributed by atoms with Gasteiger partial charge in [0.1, 0.15) is 5.69 Å². The van der Waals surface area contributed by atoms with Crippen LogP contribution in [-0.2, 0) is 6.54 Å². The average Bonchev–Trinajstić information content (AvgIpc) is 3.01. The van der Waals surface area contributed by atoms with Gasteiger partial charge in [0.2, 0.25) is 0 Å². The Kier molecular flexibility index (Phi) is 4.47. The summed E-state index contributed by atoms with van der Waals surface area (Å²) in [5.41, 5.74) is 7.04. The van der Waals surface area contributed by atoms with Crippen LogP contribution in [0.15, 0.2) is 12.3 Å². The SMILES string of the molecule is CCN1CCC(CNC(=O)c2cc(N)cn2CC)C1. The lowest BCUT2D eigenvalue weighted by Gasteiger charge is -2.14. The highest BCUT2D eigenvalue weighted by Crippen LogP contribution is 2.15. The molecule has 3 N–H and O–H groups in total. The number of rotatable bonds is 5. The molecule has 5 heteroatoms. The number of nitrogens with one attached hydrogen (secondary N) is 1. The molecular formula is C14H24N4O. The first kappa shape index (κ1) is 13.9. The highest BCUT2D eigenvalue weighted by molar-refractivity contribution is 5.93. The van der Waals surface area contributed by atoms with E-state index in [1.165, 1.54) is 6.42 Å². The first-order valence-electron chi connectivity index (χ1n) is 7.10. The Balaban J connectivity index is 1.87. The molecule has 1 saturated heterocycles. The van der Waals surface area contributed by atoms with Gasteiger partial charge in [0, 0.05) is 25.8 Å². The molecule has 1 aliphatic heterocycles. The number of nitrogen functional groups attached to an aromatic ring is 1. The highest BCUT2D eigenvalue weighted by atomic mass is 16.1. The molecule has 0 saturated carbocycles. The third-order valence-corrected chi connectivity index (χ3v) is 3.86. The Morgan fingerprint density at radius 3 is 2.89 bits per heavy atom. The third-order valence-electron chi connectivity index (χ3n) is 3.86. The molecule has 5 nitrogen and oxygen atoms in total. The van der Waals surface area contributed by atoms with E-state index in [1.54, 1.807) is 6.07 Å². The molecule has 1 unspecified atom stereocenters. The van der Waals surface area contributed by atoms with Crippen molar-refractivity contribution in [3.05, 3.63) is 18.0 Å². The Morgan fingerprint density at radius 2 is 2.26 bits per heavy atom. The minimum atomic E-state index is -0.0199. The van der Waals surface area contributed by atoms with Crippen molar-refractivity contribution in [3.63, 3.8) is 0 Å². The minimum absolute atomic E-state index is 0.0199. The van der Waals surface area contributed by atoms with Gasteiger partial charge in [-0.25, -0.2) is 0 Å². The number of carbonyl (C=O) groups excluding carboxylic acids is 1. The number of carbonyl (C=O) groups is 1. The van der Waals surface area contributed by atoms with E-state index in [0.29, 0.717) is 17.3 Å². The fourth-order valence-corrected chi connectivity index (χ4v) is 2.68. The summed E-state index contributed by atoms with van der Waals surface area (Å²) in [6.07, 6.45) is 2.98. The van der Waals surface area contributed by atoms with Crippen LogP contribution in [-0.4, -0.2) is 41.6 Å². The first-order valence-corrected chi connectivity index (χ1v) is 7.10. The van der Waals surface area contributed by atoms with Crippen molar-refractivity contribution in [2.24, 2.45) is 5.92 Å². The fraction of sp³-hybridized carbons (Fsp3) is 0.643. The molecule has 0 aromatic carbocycles. The van der Waals surface area contributed by atoms with Crippen molar-refractivity contribution in [1.82, 2.24) is 14.8 Å². The van der Waals surface area contributed by atoms with Gasteiger partial charge in [0.25, 0.3) is 5.91 Å². The fourth-order valence-electron chi connectivity index (χ4n) is 2.68. The van der Waals surface area contributed by atoms with Gasteiger partial charge in [-0.15, -0.1) is 0 Å². The number of hydrogen-bond donors (Lipinski definition) is 2. The standard InChI is InChI=1S/C14H24N4O/c1-3-17-6-5-11(9-17)8-16-14(19)13-7-12(15)10-18(13)4-2/h7,10-11H,3-6,8-9,15H2,1-2H3,(H,16,19). The Labute approximate surface area is 114 Å². The largest absolute Gasteiger partial charge is 0.397 e. The number of nitrogens with zero attached hydrogens (tertiary/aromatic N) is 2. The second kappa shape index (κ2) is 6.10. The summed E-state index contributed by atoms with van der Waals surface area (Å²) in [6.45, 7) is 9.03. The number of aromatic nitrogens is 1. The summed E-state index contributed by atoms with van der Waals surface area (Å²) in [7, 11) is 0. The van der Waals surface area contributed by atoms with Crippen LogP contribution in [0.3, 0.4) is 0 Å². The molecule has 1 aromatic rings. The first-order chi connectivity index (χ1) is 9.13. The highest BCUT2D eigenvalue weighted by Gasteiger charge is 2.22. The van der Waals surface area contributed by atoms with Crippen molar-refractivity contribution in [1.29, 1.82) is 0 Å². The summed E-state index contributed by atoms with van der Waals surface area (Å²) >= 11 is 0. The van der Waals surface area contributed by atoms with Gasteiger partial charge in [-0.05, 0) is 38.4 Å². The Morgan fingerprint density at radius 1 is 1.47 bits per heavy atom. The van der Waals surface area contributed by atoms with E-state index in [0.717, 1.165) is 32.7 Å². The molecule has 0 radical (unpaired) electrons. The molecule has 0 aliphatic carbocycles. The van der Waals surface area contributed by atoms with Gasteiger partial charge in [-0.2, -0.15) is 0 Å². The van der Waals surface area contributed by atoms with Gasteiger partial charge in [0.15, 0.2) is 0 Å². The van der Waals surface area contributed by atoms with Crippen LogP contribution in [0, 0.1) is 5.92 Å². The number of anilines is 1. The smallest absolute Gasteiger partial charge is 0.267 e. The van der Waals surface area contributed by atoms with Crippen LogP contribution in [0.25, 0.3) is 0 Å². The number of amides is 1. The molecule has 2 heterocycles. The normalized spacial score (nSPS) is 19.8. The average molecular weight is 264 g/mol. The van der Waals surface area contributed by atoms with E-state index in [1.807, 2.05) is 17.7 Å². The number of likely N-dealkylation sites (tertiary alicyclic amines) is 1. The molecule has 19 heavy (non-hydrogen) atoms. The molecule has 1 atom stereocenters. The molecule has 1 aliphatic rings. The molecule has 0 spiro atoms. The van der Waals surface area contributed by atoms with Crippen molar-refractivity contribution in [3.8, 4) is 0 Å². The van der Waals surface area contributed by atoms with Crippen LogP contribution in [0.5, 0.6) is 0 Å². The summed E-state index contributed by atoms with van der Waals surface area (Å²) in [6, 6.07) is 1.74. The molecule has 2 rings (SSSR count). The molecule has 1 fully saturated rings. The second-order valence-electron chi connectivity index (χ2n) is 5.20. The summed E-state index contributed by atoms with van der Waals surface area (Å²) in [4.78, 5) is 14.6. The molecular weight excluding hydrogens is 240 g/mol.